The van der Waals surface area contributed by atoms with Gasteiger partial charge >= 0.3 is 5.97 Å². The van der Waals surface area contributed by atoms with Crippen molar-refractivity contribution >= 4 is 5.97 Å². The van der Waals surface area contributed by atoms with Gasteiger partial charge in [0.15, 0.2) is 0 Å². The molecule has 0 saturated heterocycles. The molecule has 2 heteroatoms. The van der Waals surface area contributed by atoms with Gasteiger partial charge in [-0.1, -0.05) is 73.2 Å². The quantitative estimate of drug-likeness (QED) is 0.506. The third-order valence-corrected chi connectivity index (χ3v) is 5.11. The van der Waals surface area contributed by atoms with Crippen LogP contribution < -0.4 is 0 Å². The highest BCUT2D eigenvalue weighted by molar-refractivity contribution is 5.71. The minimum atomic E-state index is -0.124. The van der Waals surface area contributed by atoms with Crippen LogP contribution in [0.2, 0.25) is 0 Å². The van der Waals surface area contributed by atoms with Crippen LogP contribution in [0.15, 0.2) is 73.3 Å². The van der Waals surface area contributed by atoms with Gasteiger partial charge in [0, 0.05) is 11.8 Å². The van der Waals surface area contributed by atoms with Crippen molar-refractivity contribution in [1.82, 2.24) is 0 Å². The van der Waals surface area contributed by atoms with Crippen molar-refractivity contribution in [3.63, 3.8) is 0 Å². The molecule has 3 rings (SSSR count). The number of esters is 1. The first-order valence-corrected chi connectivity index (χ1v) is 9.20. The van der Waals surface area contributed by atoms with E-state index >= 15 is 0 Å². The molecule has 1 saturated carbocycles. The van der Waals surface area contributed by atoms with Gasteiger partial charge in [-0.3, -0.25) is 4.79 Å². The van der Waals surface area contributed by atoms with Crippen molar-refractivity contribution in [1.29, 1.82) is 0 Å². The third kappa shape index (κ3) is 4.60. The number of carbonyl (C=O) groups is 1. The maximum atomic E-state index is 12.6. The van der Waals surface area contributed by atoms with E-state index in [4.69, 9.17) is 4.74 Å². The normalized spacial score (nSPS) is 21.3. The zero-order chi connectivity index (χ0) is 17.5. The third-order valence-electron chi connectivity index (χ3n) is 5.11. The number of hydrogen-bond donors (Lipinski definition) is 0. The van der Waals surface area contributed by atoms with Gasteiger partial charge in [0.25, 0.3) is 0 Å². The lowest BCUT2D eigenvalue weighted by molar-refractivity contribution is -0.151. The Morgan fingerprint density at radius 2 is 1.68 bits per heavy atom. The highest BCUT2D eigenvalue weighted by atomic mass is 16.5. The maximum Gasteiger partial charge on any atom is 0.307 e. The molecule has 0 N–H and O–H groups in total. The zero-order valence-electron chi connectivity index (χ0n) is 14.6. The Hall–Kier alpha value is -2.35. The van der Waals surface area contributed by atoms with E-state index in [1.165, 1.54) is 12.0 Å². The summed E-state index contributed by atoms with van der Waals surface area (Å²) in [6.45, 7) is 3.89. The SMILES string of the molecule is C=C[C@@H](CC(=O)O[C@@H]1CCCC[C@H]1c1ccccc1)c1ccccc1. The average molecular weight is 334 g/mol. The molecule has 1 aliphatic carbocycles. The molecule has 2 aromatic carbocycles. The van der Waals surface area contributed by atoms with Crippen LogP contribution in [0.1, 0.15) is 55.1 Å². The second-order valence-corrected chi connectivity index (χ2v) is 6.79. The summed E-state index contributed by atoms with van der Waals surface area (Å²) in [5.74, 6) is 0.201. The molecule has 0 bridgehead atoms. The summed E-state index contributed by atoms with van der Waals surface area (Å²) >= 11 is 0. The van der Waals surface area contributed by atoms with E-state index in [9.17, 15) is 4.79 Å². The lowest BCUT2D eigenvalue weighted by atomic mass is 9.81. The molecule has 1 aliphatic rings. The van der Waals surface area contributed by atoms with Crippen LogP contribution in [-0.4, -0.2) is 12.1 Å². The number of ether oxygens (including phenoxy) is 1. The van der Waals surface area contributed by atoms with E-state index < -0.39 is 0 Å². The Morgan fingerprint density at radius 1 is 1.04 bits per heavy atom. The van der Waals surface area contributed by atoms with Crippen molar-refractivity contribution in [3.05, 3.63) is 84.4 Å². The molecule has 0 aliphatic heterocycles. The van der Waals surface area contributed by atoms with Crippen LogP contribution >= 0.6 is 0 Å². The topological polar surface area (TPSA) is 26.3 Å². The summed E-state index contributed by atoms with van der Waals surface area (Å²) in [5.41, 5.74) is 2.39. The maximum absolute atomic E-state index is 12.6. The fraction of sp³-hybridized carbons (Fsp3) is 0.348. The van der Waals surface area contributed by atoms with Gasteiger partial charge in [0.2, 0.25) is 0 Å². The van der Waals surface area contributed by atoms with Crippen molar-refractivity contribution in [2.75, 3.05) is 0 Å². The Balaban J connectivity index is 1.65. The molecular formula is C23H26O2. The molecule has 0 amide bonds. The van der Waals surface area contributed by atoms with Crippen molar-refractivity contribution < 1.29 is 9.53 Å². The van der Waals surface area contributed by atoms with Gasteiger partial charge in [0.1, 0.15) is 6.10 Å². The molecular weight excluding hydrogens is 308 g/mol. The van der Waals surface area contributed by atoms with Gasteiger partial charge in [-0.2, -0.15) is 0 Å². The van der Waals surface area contributed by atoms with E-state index in [-0.39, 0.29) is 18.0 Å². The molecule has 0 spiro atoms. The molecule has 0 unspecified atom stereocenters. The van der Waals surface area contributed by atoms with E-state index in [2.05, 4.69) is 30.8 Å². The largest absolute Gasteiger partial charge is 0.462 e. The van der Waals surface area contributed by atoms with E-state index in [1.807, 2.05) is 42.5 Å². The molecule has 25 heavy (non-hydrogen) atoms. The average Bonchev–Trinajstić information content (AvgIpc) is 2.68. The summed E-state index contributed by atoms with van der Waals surface area (Å²) < 4.78 is 5.93. The molecule has 2 aromatic rings. The first kappa shape index (κ1) is 17.5. The number of carbonyl (C=O) groups excluding carboxylic acids is 1. The number of benzene rings is 2. The zero-order valence-corrected chi connectivity index (χ0v) is 14.6. The van der Waals surface area contributed by atoms with Gasteiger partial charge in [0.05, 0.1) is 6.42 Å². The smallest absolute Gasteiger partial charge is 0.307 e. The fourth-order valence-electron chi connectivity index (χ4n) is 3.75. The minimum absolute atomic E-state index is 0.00691. The Morgan fingerprint density at radius 3 is 2.36 bits per heavy atom. The highest BCUT2D eigenvalue weighted by Gasteiger charge is 2.30. The Kier molecular flexibility index (Phi) is 6.05. The standard InChI is InChI=1S/C23H26O2/c1-2-18(19-11-5-3-6-12-19)17-23(24)25-22-16-10-9-15-21(22)20-13-7-4-8-14-20/h2-8,11-14,18,21-22H,1,9-10,15-17H2/t18-,21-,22+/m0/s1. The lowest BCUT2D eigenvalue weighted by Crippen LogP contribution is -2.29. The predicted molar refractivity (Wildman–Crippen MR) is 102 cm³/mol. The summed E-state index contributed by atoms with van der Waals surface area (Å²) in [4.78, 5) is 12.6. The first-order valence-electron chi connectivity index (χ1n) is 9.20. The second kappa shape index (κ2) is 8.66. The van der Waals surface area contributed by atoms with Crippen LogP contribution in [0, 0.1) is 0 Å². The van der Waals surface area contributed by atoms with Gasteiger partial charge in [-0.15, -0.1) is 6.58 Å². The summed E-state index contributed by atoms with van der Waals surface area (Å²) in [5, 5.41) is 0. The summed E-state index contributed by atoms with van der Waals surface area (Å²) in [6.07, 6.45) is 6.56. The van der Waals surface area contributed by atoms with Crippen LogP contribution in [0.3, 0.4) is 0 Å². The van der Waals surface area contributed by atoms with Crippen LogP contribution in [0.25, 0.3) is 0 Å². The van der Waals surface area contributed by atoms with Gasteiger partial charge in [-0.25, -0.2) is 0 Å². The second-order valence-electron chi connectivity index (χ2n) is 6.79. The van der Waals surface area contributed by atoms with E-state index in [0.717, 1.165) is 24.8 Å². The van der Waals surface area contributed by atoms with Crippen molar-refractivity contribution in [3.8, 4) is 0 Å². The van der Waals surface area contributed by atoms with Gasteiger partial charge < -0.3 is 4.74 Å². The molecule has 1 fully saturated rings. The van der Waals surface area contributed by atoms with Crippen molar-refractivity contribution in [2.45, 2.75) is 50.0 Å². The molecule has 2 nitrogen and oxygen atoms in total. The van der Waals surface area contributed by atoms with Crippen LogP contribution in [0.4, 0.5) is 0 Å². The predicted octanol–water partition coefficient (Wildman–Crippen LogP) is 5.62. The fourth-order valence-corrected chi connectivity index (χ4v) is 3.75. The van der Waals surface area contributed by atoms with E-state index in [0.29, 0.717) is 12.3 Å². The van der Waals surface area contributed by atoms with Crippen LogP contribution in [0.5, 0.6) is 0 Å². The van der Waals surface area contributed by atoms with Gasteiger partial charge in [-0.05, 0) is 30.4 Å². The molecule has 0 radical (unpaired) electrons. The number of rotatable bonds is 6. The Labute approximate surface area is 150 Å². The monoisotopic (exact) mass is 334 g/mol. The minimum Gasteiger partial charge on any atom is -0.462 e. The number of allylic oxidation sites excluding steroid dienone is 1. The molecule has 130 valence electrons. The Bertz CT molecular complexity index is 678. The summed E-state index contributed by atoms with van der Waals surface area (Å²) in [6, 6.07) is 20.5. The van der Waals surface area contributed by atoms with Crippen molar-refractivity contribution in [2.24, 2.45) is 0 Å². The van der Waals surface area contributed by atoms with Crippen LogP contribution in [-0.2, 0) is 9.53 Å². The first-order chi connectivity index (χ1) is 12.3. The lowest BCUT2D eigenvalue weighted by Gasteiger charge is -2.32. The number of hydrogen-bond acceptors (Lipinski definition) is 2. The molecule has 0 heterocycles. The van der Waals surface area contributed by atoms with E-state index in [1.54, 1.807) is 0 Å². The summed E-state index contributed by atoms with van der Waals surface area (Å²) in [7, 11) is 0. The molecule has 0 aromatic heterocycles. The molecule has 3 atom stereocenters. The highest BCUT2D eigenvalue weighted by Crippen LogP contribution is 2.35.